The van der Waals surface area contributed by atoms with E-state index in [4.69, 9.17) is 10.9 Å². The Morgan fingerprint density at radius 2 is 2.11 bits per heavy atom. The monoisotopic (exact) mass is 255 g/mol. The van der Waals surface area contributed by atoms with Crippen LogP contribution in [0.15, 0.2) is 41.7 Å². The molecule has 0 amide bonds. The van der Waals surface area contributed by atoms with Crippen LogP contribution in [-0.2, 0) is 19.4 Å². The van der Waals surface area contributed by atoms with Gasteiger partial charge in [0, 0.05) is 12.7 Å². The van der Waals surface area contributed by atoms with E-state index >= 15 is 0 Å². The van der Waals surface area contributed by atoms with E-state index in [0.29, 0.717) is 0 Å². The summed E-state index contributed by atoms with van der Waals surface area (Å²) in [4.78, 5) is 0. The number of rotatable bonds is 3. The van der Waals surface area contributed by atoms with Crippen LogP contribution < -0.4 is 5.73 Å². The lowest BCUT2D eigenvalue weighted by Gasteiger charge is -2.09. The van der Waals surface area contributed by atoms with E-state index in [1.807, 2.05) is 22.9 Å². The van der Waals surface area contributed by atoms with Gasteiger partial charge in [0.2, 0.25) is 0 Å². The molecule has 0 saturated heterocycles. The molecule has 0 unspecified atom stereocenters. The van der Waals surface area contributed by atoms with Crippen LogP contribution in [0.5, 0.6) is 0 Å². The average molecular weight is 255 g/mol. The second-order valence-electron chi connectivity index (χ2n) is 4.96. The van der Waals surface area contributed by atoms with Crippen molar-refractivity contribution in [1.29, 1.82) is 0 Å². The summed E-state index contributed by atoms with van der Waals surface area (Å²) in [7, 11) is 0. The Morgan fingerprint density at radius 3 is 2.95 bits per heavy atom. The molecule has 3 N–H and O–H groups in total. The summed E-state index contributed by atoms with van der Waals surface area (Å²) in [5, 5.41) is 11.8. The summed E-state index contributed by atoms with van der Waals surface area (Å²) in [6, 6.07) is 10.4. The Bertz CT molecular complexity index is 628. The Balaban J connectivity index is 1.88. The van der Waals surface area contributed by atoms with Gasteiger partial charge in [-0.3, -0.25) is 0 Å². The lowest BCUT2D eigenvalue weighted by atomic mass is 10.1. The van der Waals surface area contributed by atoms with Gasteiger partial charge in [0.25, 0.3) is 0 Å². The molecule has 0 aliphatic heterocycles. The quantitative estimate of drug-likeness (QED) is 0.382. The van der Waals surface area contributed by atoms with Gasteiger partial charge in [-0.2, -0.15) is 0 Å². The number of aryl methyl sites for hydroxylation is 2. The molecule has 19 heavy (non-hydrogen) atoms. The number of hydrogen-bond acceptors (Lipinski definition) is 2. The third-order valence-corrected chi connectivity index (χ3v) is 3.72. The molecule has 0 atom stereocenters. The zero-order valence-electron chi connectivity index (χ0n) is 10.7. The van der Waals surface area contributed by atoms with Crippen molar-refractivity contribution in [2.24, 2.45) is 10.9 Å². The Labute approximate surface area is 112 Å². The molecule has 0 bridgehead atoms. The fourth-order valence-corrected chi connectivity index (χ4v) is 2.76. The minimum atomic E-state index is 0.145. The fraction of sp³-hybridized carbons (Fsp3) is 0.267. The van der Waals surface area contributed by atoms with E-state index in [-0.39, 0.29) is 5.84 Å². The first kappa shape index (κ1) is 11.8. The molecule has 1 aliphatic carbocycles. The highest BCUT2D eigenvalue weighted by Gasteiger charge is 2.12. The molecule has 0 saturated carbocycles. The number of nitrogens with zero attached hydrogens (tertiary/aromatic N) is 2. The van der Waals surface area contributed by atoms with Gasteiger partial charge in [-0.1, -0.05) is 23.4 Å². The van der Waals surface area contributed by atoms with Crippen LogP contribution in [0.4, 0.5) is 0 Å². The standard InChI is InChI=1S/C15H17N3O/c16-15(17-19)14-5-2-8-18(14)10-11-6-7-12-3-1-4-13(12)9-11/h2,5-9,19H,1,3-4,10H2,(H2,16,17). The molecule has 0 fully saturated rings. The molecule has 1 heterocycles. The van der Waals surface area contributed by atoms with E-state index in [2.05, 4.69) is 23.4 Å². The summed E-state index contributed by atoms with van der Waals surface area (Å²) in [5.74, 6) is 0.145. The van der Waals surface area contributed by atoms with Gasteiger partial charge in [0.05, 0.1) is 5.69 Å². The molecule has 1 aliphatic rings. The second kappa shape index (κ2) is 4.80. The van der Waals surface area contributed by atoms with Crippen molar-refractivity contribution >= 4 is 5.84 Å². The van der Waals surface area contributed by atoms with E-state index in [1.165, 1.54) is 36.0 Å². The maximum Gasteiger partial charge on any atom is 0.186 e. The normalized spacial score (nSPS) is 14.6. The highest BCUT2D eigenvalue weighted by molar-refractivity contribution is 5.95. The average Bonchev–Trinajstić information content (AvgIpc) is 3.06. The number of oxime groups is 1. The van der Waals surface area contributed by atoms with Crippen LogP contribution in [0, 0.1) is 0 Å². The summed E-state index contributed by atoms with van der Waals surface area (Å²) >= 11 is 0. The van der Waals surface area contributed by atoms with E-state index < -0.39 is 0 Å². The first-order chi connectivity index (χ1) is 9.28. The van der Waals surface area contributed by atoms with Gasteiger partial charge in [-0.05, 0) is 48.1 Å². The van der Waals surface area contributed by atoms with Gasteiger partial charge in [0.1, 0.15) is 0 Å². The maximum atomic E-state index is 8.77. The minimum Gasteiger partial charge on any atom is -0.409 e. The van der Waals surface area contributed by atoms with Gasteiger partial charge in [0.15, 0.2) is 5.84 Å². The van der Waals surface area contributed by atoms with E-state index in [1.54, 1.807) is 0 Å². The number of nitrogens with two attached hydrogens (primary N) is 1. The lowest BCUT2D eigenvalue weighted by Crippen LogP contribution is -2.18. The number of aromatic nitrogens is 1. The van der Waals surface area contributed by atoms with Crippen LogP contribution in [0.25, 0.3) is 0 Å². The van der Waals surface area contributed by atoms with Crippen molar-refractivity contribution < 1.29 is 5.21 Å². The van der Waals surface area contributed by atoms with E-state index in [0.717, 1.165) is 12.2 Å². The highest BCUT2D eigenvalue weighted by atomic mass is 16.4. The van der Waals surface area contributed by atoms with Crippen LogP contribution in [0.2, 0.25) is 0 Å². The molecule has 4 heteroatoms. The van der Waals surface area contributed by atoms with Crippen LogP contribution in [0.1, 0.15) is 28.8 Å². The molecule has 4 nitrogen and oxygen atoms in total. The summed E-state index contributed by atoms with van der Waals surface area (Å²) in [5.41, 5.74) is 10.6. The molecule has 1 aromatic carbocycles. The molecular formula is C15H17N3O. The van der Waals surface area contributed by atoms with Crippen LogP contribution in [0.3, 0.4) is 0 Å². The molecular weight excluding hydrogens is 238 g/mol. The van der Waals surface area contributed by atoms with Gasteiger partial charge in [-0.15, -0.1) is 0 Å². The topological polar surface area (TPSA) is 63.5 Å². The van der Waals surface area contributed by atoms with Crippen molar-refractivity contribution in [2.45, 2.75) is 25.8 Å². The van der Waals surface area contributed by atoms with Crippen LogP contribution in [-0.4, -0.2) is 15.6 Å². The zero-order valence-corrected chi connectivity index (χ0v) is 10.7. The summed E-state index contributed by atoms with van der Waals surface area (Å²) in [6.07, 6.45) is 5.59. The van der Waals surface area contributed by atoms with Gasteiger partial charge in [-0.25, -0.2) is 0 Å². The molecule has 0 spiro atoms. The molecule has 3 rings (SSSR count). The first-order valence-corrected chi connectivity index (χ1v) is 6.51. The smallest absolute Gasteiger partial charge is 0.186 e. The molecule has 0 radical (unpaired) electrons. The second-order valence-corrected chi connectivity index (χ2v) is 4.96. The highest BCUT2D eigenvalue weighted by Crippen LogP contribution is 2.23. The minimum absolute atomic E-state index is 0.145. The largest absolute Gasteiger partial charge is 0.409 e. The van der Waals surface area contributed by atoms with E-state index in [9.17, 15) is 0 Å². The van der Waals surface area contributed by atoms with Crippen LogP contribution >= 0.6 is 0 Å². The van der Waals surface area contributed by atoms with Crippen molar-refractivity contribution in [3.8, 4) is 0 Å². The lowest BCUT2D eigenvalue weighted by molar-refractivity contribution is 0.318. The Morgan fingerprint density at radius 1 is 1.26 bits per heavy atom. The number of hydrogen-bond donors (Lipinski definition) is 2. The Hall–Kier alpha value is -2.23. The van der Waals surface area contributed by atoms with Crippen molar-refractivity contribution in [1.82, 2.24) is 4.57 Å². The number of amidine groups is 1. The number of fused-ring (bicyclic) bond motifs is 1. The van der Waals surface area contributed by atoms with Crippen molar-refractivity contribution in [3.05, 3.63) is 58.9 Å². The van der Waals surface area contributed by atoms with Gasteiger partial charge >= 0.3 is 0 Å². The summed E-state index contributed by atoms with van der Waals surface area (Å²) < 4.78 is 1.99. The SMILES string of the molecule is N/C(=N/O)c1cccn1Cc1ccc2c(c1)CCC2. The summed E-state index contributed by atoms with van der Waals surface area (Å²) in [6.45, 7) is 0.742. The fourth-order valence-electron chi connectivity index (χ4n) is 2.76. The predicted octanol–water partition coefficient (Wildman–Crippen LogP) is 2.12. The van der Waals surface area contributed by atoms with Crippen molar-refractivity contribution in [3.63, 3.8) is 0 Å². The molecule has 1 aromatic heterocycles. The third kappa shape index (κ3) is 2.21. The zero-order chi connectivity index (χ0) is 13.2. The Kier molecular flexibility index (Phi) is 2.99. The maximum absolute atomic E-state index is 8.77. The predicted molar refractivity (Wildman–Crippen MR) is 74.5 cm³/mol. The van der Waals surface area contributed by atoms with Crippen molar-refractivity contribution in [2.75, 3.05) is 0 Å². The molecule has 98 valence electrons. The third-order valence-electron chi connectivity index (χ3n) is 3.72. The number of benzene rings is 1. The van der Waals surface area contributed by atoms with Gasteiger partial charge < -0.3 is 15.5 Å². The molecule has 2 aromatic rings. The first-order valence-electron chi connectivity index (χ1n) is 6.51.